The van der Waals surface area contributed by atoms with Crippen LogP contribution in [0.15, 0.2) is 48.1 Å². The number of nitrogens with zero attached hydrogens (tertiary/aromatic N) is 2. The van der Waals surface area contributed by atoms with Crippen molar-refractivity contribution >= 4 is 40.0 Å². The molecular weight excluding hydrogens is 411 g/mol. The lowest BCUT2D eigenvalue weighted by Gasteiger charge is -2.14. The molecule has 6 nitrogen and oxygen atoms in total. The molecule has 150 valence electrons. The third kappa shape index (κ3) is 4.92. The van der Waals surface area contributed by atoms with Gasteiger partial charge in [-0.05, 0) is 48.6 Å². The molecule has 0 spiro atoms. The van der Waals surface area contributed by atoms with Crippen LogP contribution >= 0.6 is 23.3 Å². The summed E-state index contributed by atoms with van der Waals surface area (Å²) in [6, 6.07) is 8.26. The van der Waals surface area contributed by atoms with E-state index >= 15 is 0 Å². The van der Waals surface area contributed by atoms with Crippen molar-refractivity contribution in [2.75, 3.05) is 17.1 Å². The fraction of sp³-hybridized carbons (Fsp3) is 0.250. The Bertz CT molecular complexity index is 995. The molecule has 1 amide bonds. The molecule has 2 heterocycles. The summed E-state index contributed by atoms with van der Waals surface area (Å²) in [6.07, 6.45) is 4.81. The van der Waals surface area contributed by atoms with E-state index < -0.39 is 17.8 Å². The van der Waals surface area contributed by atoms with Crippen LogP contribution in [0, 0.1) is 5.82 Å². The predicted octanol–water partition coefficient (Wildman–Crippen LogP) is 4.89. The summed E-state index contributed by atoms with van der Waals surface area (Å²) in [6.45, 7) is 0. The number of methoxy groups -OCH3 is 1. The van der Waals surface area contributed by atoms with Gasteiger partial charge in [0, 0.05) is 35.7 Å². The Morgan fingerprint density at radius 3 is 2.90 bits per heavy atom. The molecule has 2 aromatic heterocycles. The number of thiazole rings is 1. The molecule has 0 saturated heterocycles. The van der Waals surface area contributed by atoms with Crippen LogP contribution in [0.3, 0.4) is 0 Å². The van der Waals surface area contributed by atoms with Gasteiger partial charge in [-0.15, -0.1) is 11.3 Å². The maximum atomic E-state index is 14.5. The number of benzene rings is 1. The number of halogens is 1. The number of nitrogens with one attached hydrogen (secondary N) is 2. The molecule has 9 heteroatoms. The third-order valence-electron chi connectivity index (χ3n) is 4.32. The molecule has 1 saturated carbocycles. The van der Waals surface area contributed by atoms with Crippen LogP contribution in [0.1, 0.15) is 24.6 Å². The quantitative estimate of drug-likeness (QED) is 0.496. The number of amides is 1. The van der Waals surface area contributed by atoms with E-state index in [0.29, 0.717) is 16.5 Å². The van der Waals surface area contributed by atoms with Gasteiger partial charge in [-0.25, -0.2) is 9.37 Å². The fourth-order valence-electron chi connectivity index (χ4n) is 2.66. The van der Waals surface area contributed by atoms with Gasteiger partial charge in [0.2, 0.25) is 0 Å². The second kappa shape index (κ2) is 8.89. The van der Waals surface area contributed by atoms with E-state index in [-0.39, 0.29) is 5.69 Å². The van der Waals surface area contributed by atoms with E-state index in [9.17, 15) is 9.18 Å². The van der Waals surface area contributed by atoms with Gasteiger partial charge >= 0.3 is 0 Å². The Balaban J connectivity index is 1.44. The number of carbonyl (C=O) groups excluding carboxylic acids is 1. The zero-order valence-electron chi connectivity index (χ0n) is 15.6. The summed E-state index contributed by atoms with van der Waals surface area (Å²) in [5.41, 5.74) is 2.05. The number of pyridine rings is 1. The molecule has 1 aromatic carbocycles. The smallest absolute Gasteiger partial charge is 0.259 e. The lowest BCUT2D eigenvalue weighted by molar-refractivity contribution is -0.126. The Kier molecular flexibility index (Phi) is 6.08. The highest BCUT2D eigenvalue weighted by Gasteiger charge is 2.26. The van der Waals surface area contributed by atoms with Crippen molar-refractivity contribution in [2.24, 2.45) is 0 Å². The average Bonchev–Trinajstić information content (AvgIpc) is 3.46. The highest BCUT2D eigenvalue weighted by Crippen LogP contribution is 2.35. The van der Waals surface area contributed by atoms with Gasteiger partial charge in [-0.1, -0.05) is 12.1 Å². The Labute approximate surface area is 176 Å². The summed E-state index contributed by atoms with van der Waals surface area (Å²) in [5.74, 6) is -1.01. The number of anilines is 2. The summed E-state index contributed by atoms with van der Waals surface area (Å²) >= 11 is 3.05. The molecule has 4 rings (SSSR count). The molecular formula is C20H19FN4O2S2. The number of hydrogen-bond acceptors (Lipinski definition) is 7. The molecule has 0 radical (unpaired) electrons. The van der Waals surface area contributed by atoms with Crippen LogP contribution in [0.25, 0.3) is 11.1 Å². The Morgan fingerprint density at radius 2 is 2.21 bits per heavy atom. The summed E-state index contributed by atoms with van der Waals surface area (Å²) in [5, 5.41) is 5.72. The molecule has 1 aliphatic carbocycles. The van der Waals surface area contributed by atoms with Crippen molar-refractivity contribution in [1.29, 1.82) is 0 Å². The van der Waals surface area contributed by atoms with Gasteiger partial charge in [0.15, 0.2) is 11.2 Å². The molecule has 29 heavy (non-hydrogen) atoms. The molecule has 1 aliphatic rings. The van der Waals surface area contributed by atoms with Crippen LogP contribution in [-0.4, -0.2) is 28.2 Å². The highest BCUT2D eigenvalue weighted by molar-refractivity contribution is 8.01. The van der Waals surface area contributed by atoms with E-state index in [2.05, 4.69) is 20.0 Å². The van der Waals surface area contributed by atoms with Crippen molar-refractivity contribution in [2.45, 2.75) is 24.2 Å². The molecule has 1 atom stereocenters. The number of aromatic nitrogens is 2. The number of carbonyl (C=O) groups is 1. The van der Waals surface area contributed by atoms with Gasteiger partial charge in [0.1, 0.15) is 5.82 Å². The molecule has 3 aromatic rings. The largest absolute Gasteiger partial charge is 0.365 e. The third-order valence-corrected chi connectivity index (χ3v) is 6.34. The molecule has 0 bridgehead atoms. The van der Waals surface area contributed by atoms with E-state index in [0.717, 1.165) is 10.7 Å². The molecule has 0 aliphatic heterocycles. The first kappa shape index (κ1) is 19.8. The number of rotatable bonds is 8. The summed E-state index contributed by atoms with van der Waals surface area (Å²) < 4.78 is 23.1. The van der Waals surface area contributed by atoms with Crippen molar-refractivity contribution in [3.63, 3.8) is 0 Å². The molecule has 1 fully saturated rings. The van der Waals surface area contributed by atoms with Crippen LogP contribution < -0.4 is 10.0 Å². The minimum absolute atomic E-state index is 0.0857. The van der Waals surface area contributed by atoms with E-state index in [4.69, 9.17) is 4.74 Å². The van der Waals surface area contributed by atoms with Crippen molar-refractivity contribution in [3.05, 3.63) is 59.6 Å². The van der Waals surface area contributed by atoms with Crippen molar-refractivity contribution < 1.29 is 13.9 Å². The first-order valence-corrected chi connectivity index (χ1v) is 10.8. The zero-order valence-corrected chi connectivity index (χ0v) is 17.2. The number of hydrogen-bond donors (Lipinski definition) is 2. The maximum absolute atomic E-state index is 14.5. The minimum atomic E-state index is -0.926. The average molecular weight is 431 g/mol. The lowest BCUT2D eigenvalue weighted by Crippen LogP contribution is -2.23. The van der Waals surface area contributed by atoms with Crippen LogP contribution in [-0.2, 0) is 9.53 Å². The summed E-state index contributed by atoms with van der Waals surface area (Å²) in [4.78, 5) is 21.1. The van der Waals surface area contributed by atoms with Gasteiger partial charge in [0.25, 0.3) is 5.91 Å². The standard InChI is InChI=1S/C20H19FN4O2S2/c1-27-18(17-11-28-20(24-17)25-29-14-5-6-14)19(26)23-16-7-4-12(9-15(16)21)13-3-2-8-22-10-13/h2-4,7-11,14,18H,5-6H2,1H3,(H,23,26)(H,24,25). The SMILES string of the molecule is COC(C(=O)Nc1ccc(-c2cccnc2)cc1F)c1csc(NSC2CC2)n1. The Hall–Kier alpha value is -2.49. The monoisotopic (exact) mass is 430 g/mol. The second-order valence-electron chi connectivity index (χ2n) is 6.54. The van der Waals surface area contributed by atoms with Gasteiger partial charge in [-0.3, -0.25) is 9.78 Å². The van der Waals surface area contributed by atoms with E-state index in [1.54, 1.807) is 41.9 Å². The molecule has 2 N–H and O–H groups in total. The van der Waals surface area contributed by atoms with E-state index in [1.807, 2.05) is 6.07 Å². The lowest BCUT2D eigenvalue weighted by atomic mass is 10.1. The van der Waals surface area contributed by atoms with Gasteiger partial charge in [-0.2, -0.15) is 0 Å². The van der Waals surface area contributed by atoms with Gasteiger partial charge < -0.3 is 14.8 Å². The number of ether oxygens (including phenoxy) is 1. The predicted molar refractivity (Wildman–Crippen MR) is 114 cm³/mol. The van der Waals surface area contributed by atoms with Crippen molar-refractivity contribution in [3.8, 4) is 11.1 Å². The van der Waals surface area contributed by atoms with Crippen LogP contribution in [0.4, 0.5) is 15.2 Å². The Morgan fingerprint density at radius 1 is 1.34 bits per heavy atom. The summed E-state index contributed by atoms with van der Waals surface area (Å²) in [7, 11) is 1.43. The first-order chi connectivity index (χ1) is 14.1. The van der Waals surface area contributed by atoms with E-state index in [1.165, 1.54) is 43.4 Å². The van der Waals surface area contributed by atoms with Crippen LogP contribution in [0.2, 0.25) is 0 Å². The minimum Gasteiger partial charge on any atom is -0.365 e. The second-order valence-corrected chi connectivity index (χ2v) is 8.50. The highest BCUT2D eigenvalue weighted by atomic mass is 32.2. The fourth-order valence-corrected chi connectivity index (χ4v) is 4.25. The van der Waals surface area contributed by atoms with Crippen molar-refractivity contribution in [1.82, 2.24) is 9.97 Å². The zero-order chi connectivity index (χ0) is 20.2. The van der Waals surface area contributed by atoms with Gasteiger partial charge in [0.05, 0.1) is 11.4 Å². The molecule has 1 unspecified atom stereocenters. The normalized spacial score (nSPS) is 14.4. The topological polar surface area (TPSA) is 76.1 Å². The van der Waals surface area contributed by atoms with Crippen LogP contribution in [0.5, 0.6) is 0 Å². The maximum Gasteiger partial charge on any atom is 0.259 e. The first-order valence-electron chi connectivity index (χ1n) is 9.04.